The molecule has 1 aromatic heterocycles. The molecule has 21 heavy (non-hydrogen) atoms. The molecule has 1 heterocycles. The fraction of sp³-hybridized carbons (Fsp3) is 0.0667. The number of sulfonamides is 1. The first-order valence-corrected chi connectivity index (χ1v) is 7.67. The van der Waals surface area contributed by atoms with Crippen molar-refractivity contribution >= 4 is 21.9 Å². The average molecular weight is 302 g/mol. The molecule has 0 fully saturated rings. The van der Waals surface area contributed by atoms with Gasteiger partial charge in [0.25, 0.3) is 0 Å². The number of ketones is 1. The van der Waals surface area contributed by atoms with Crippen LogP contribution in [0.4, 0.5) is 0 Å². The van der Waals surface area contributed by atoms with Gasteiger partial charge in [-0.3, -0.25) is 9.78 Å². The molecule has 0 saturated carbocycles. The van der Waals surface area contributed by atoms with Crippen LogP contribution in [0.15, 0.2) is 59.8 Å². The lowest BCUT2D eigenvalue weighted by Gasteiger charge is -2.03. The van der Waals surface area contributed by atoms with Crippen molar-refractivity contribution in [3.05, 3.63) is 66.0 Å². The van der Waals surface area contributed by atoms with Gasteiger partial charge in [-0.1, -0.05) is 18.2 Å². The average Bonchev–Trinajstić information content (AvgIpc) is 2.53. The van der Waals surface area contributed by atoms with E-state index in [4.69, 9.17) is 0 Å². The van der Waals surface area contributed by atoms with Crippen LogP contribution in [0.1, 0.15) is 15.9 Å². The van der Waals surface area contributed by atoms with Crippen molar-refractivity contribution in [3.63, 3.8) is 0 Å². The summed E-state index contributed by atoms with van der Waals surface area (Å²) in [4.78, 5) is 16.1. The van der Waals surface area contributed by atoms with E-state index in [0.717, 1.165) is 5.56 Å². The fourth-order valence-corrected chi connectivity index (χ4v) is 2.45. The molecule has 2 rings (SSSR count). The van der Waals surface area contributed by atoms with Crippen LogP contribution in [0, 0.1) is 0 Å². The Morgan fingerprint density at radius 2 is 2.05 bits per heavy atom. The summed E-state index contributed by atoms with van der Waals surface area (Å²) in [6, 6.07) is 9.48. The lowest BCUT2D eigenvalue weighted by atomic mass is 10.1. The summed E-state index contributed by atoms with van der Waals surface area (Å²) in [5.41, 5.74) is 1.11. The Morgan fingerprint density at radius 1 is 1.24 bits per heavy atom. The van der Waals surface area contributed by atoms with Gasteiger partial charge in [0.1, 0.15) is 0 Å². The third-order valence-electron chi connectivity index (χ3n) is 2.81. The first-order chi connectivity index (χ1) is 10.0. The molecule has 0 bridgehead atoms. The first kappa shape index (κ1) is 15.1. The highest BCUT2D eigenvalue weighted by Crippen LogP contribution is 2.12. The number of nitrogens with zero attached hydrogens (tertiary/aromatic N) is 1. The standard InChI is InChI=1S/C15H14N2O3S/c1-16-21(19,20)14-6-2-5-13(10-14)15(18)8-7-12-4-3-9-17-11-12/h2-11,16H,1H3/b8-7-. The van der Waals surface area contributed by atoms with Crippen molar-refractivity contribution in [2.45, 2.75) is 4.90 Å². The molecule has 0 aliphatic rings. The van der Waals surface area contributed by atoms with Crippen molar-refractivity contribution in [2.24, 2.45) is 0 Å². The Morgan fingerprint density at radius 3 is 2.71 bits per heavy atom. The largest absolute Gasteiger partial charge is 0.289 e. The summed E-state index contributed by atoms with van der Waals surface area (Å²) in [6.07, 6.45) is 6.30. The van der Waals surface area contributed by atoms with Crippen LogP contribution in [0.25, 0.3) is 6.08 Å². The molecule has 5 nitrogen and oxygen atoms in total. The van der Waals surface area contributed by atoms with E-state index in [-0.39, 0.29) is 10.7 Å². The molecule has 0 unspecified atom stereocenters. The number of nitrogens with one attached hydrogen (secondary N) is 1. The lowest BCUT2D eigenvalue weighted by Crippen LogP contribution is -2.18. The number of hydrogen-bond donors (Lipinski definition) is 1. The molecule has 108 valence electrons. The maximum Gasteiger partial charge on any atom is 0.240 e. The molecule has 0 radical (unpaired) electrons. The predicted molar refractivity (Wildman–Crippen MR) is 80.3 cm³/mol. The monoisotopic (exact) mass is 302 g/mol. The van der Waals surface area contributed by atoms with Gasteiger partial charge in [0, 0.05) is 18.0 Å². The van der Waals surface area contributed by atoms with E-state index >= 15 is 0 Å². The van der Waals surface area contributed by atoms with Crippen LogP contribution in [0.5, 0.6) is 0 Å². The predicted octanol–water partition coefficient (Wildman–Crippen LogP) is 1.89. The van der Waals surface area contributed by atoms with E-state index in [0.29, 0.717) is 5.56 Å². The third kappa shape index (κ3) is 3.84. The SMILES string of the molecule is CNS(=O)(=O)c1cccc(C(=O)/C=C\c2cccnc2)c1. The maximum absolute atomic E-state index is 12.1. The van der Waals surface area contributed by atoms with Crippen molar-refractivity contribution in [3.8, 4) is 0 Å². The van der Waals surface area contributed by atoms with E-state index in [1.54, 1.807) is 30.6 Å². The van der Waals surface area contributed by atoms with Gasteiger partial charge in [-0.15, -0.1) is 0 Å². The molecule has 0 aliphatic carbocycles. The number of carbonyl (C=O) groups is 1. The van der Waals surface area contributed by atoms with Gasteiger partial charge >= 0.3 is 0 Å². The molecule has 2 aromatic rings. The zero-order chi connectivity index (χ0) is 15.3. The highest BCUT2D eigenvalue weighted by molar-refractivity contribution is 7.89. The van der Waals surface area contributed by atoms with E-state index < -0.39 is 10.0 Å². The molecule has 0 atom stereocenters. The summed E-state index contributed by atoms with van der Waals surface area (Å²) in [5, 5.41) is 0. The van der Waals surface area contributed by atoms with Gasteiger partial charge in [-0.05, 0) is 43.0 Å². The zero-order valence-electron chi connectivity index (χ0n) is 11.4. The van der Waals surface area contributed by atoms with Crippen LogP contribution in [0.2, 0.25) is 0 Å². The Hall–Kier alpha value is -2.31. The molecule has 1 aromatic carbocycles. The topological polar surface area (TPSA) is 76.1 Å². The van der Waals surface area contributed by atoms with Crippen molar-refractivity contribution in [1.29, 1.82) is 0 Å². The first-order valence-electron chi connectivity index (χ1n) is 6.19. The third-order valence-corrected chi connectivity index (χ3v) is 4.22. The van der Waals surface area contributed by atoms with E-state index in [1.165, 1.54) is 31.3 Å². The highest BCUT2D eigenvalue weighted by atomic mass is 32.2. The molecule has 0 amide bonds. The number of allylic oxidation sites excluding steroid dienone is 1. The number of carbonyl (C=O) groups excluding carboxylic acids is 1. The smallest absolute Gasteiger partial charge is 0.240 e. The molecule has 0 saturated heterocycles. The van der Waals surface area contributed by atoms with Gasteiger partial charge in [-0.25, -0.2) is 13.1 Å². The minimum atomic E-state index is -3.56. The second-order valence-electron chi connectivity index (χ2n) is 4.22. The van der Waals surface area contributed by atoms with Gasteiger partial charge < -0.3 is 0 Å². The van der Waals surface area contributed by atoms with Gasteiger partial charge in [-0.2, -0.15) is 0 Å². The Kier molecular flexibility index (Phi) is 4.62. The summed E-state index contributed by atoms with van der Waals surface area (Å²) >= 11 is 0. The number of rotatable bonds is 5. The van der Waals surface area contributed by atoms with Crippen molar-refractivity contribution in [1.82, 2.24) is 9.71 Å². The maximum atomic E-state index is 12.1. The van der Waals surface area contributed by atoms with Crippen LogP contribution in [-0.4, -0.2) is 26.2 Å². The Bertz CT molecular complexity index is 769. The molecule has 0 aliphatic heterocycles. The minimum Gasteiger partial charge on any atom is -0.289 e. The quantitative estimate of drug-likeness (QED) is 0.676. The number of benzene rings is 1. The summed E-state index contributed by atoms with van der Waals surface area (Å²) in [7, 11) is -2.23. The summed E-state index contributed by atoms with van der Waals surface area (Å²) in [6.45, 7) is 0. The highest BCUT2D eigenvalue weighted by Gasteiger charge is 2.13. The minimum absolute atomic E-state index is 0.0608. The van der Waals surface area contributed by atoms with Crippen LogP contribution in [-0.2, 0) is 10.0 Å². The molecular weight excluding hydrogens is 288 g/mol. The number of hydrogen-bond acceptors (Lipinski definition) is 4. The zero-order valence-corrected chi connectivity index (χ0v) is 12.2. The number of aromatic nitrogens is 1. The Labute approximate surface area is 123 Å². The van der Waals surface area contributed by atoms with Crippen LogP contribution >= 0.6 is 0 Å². The Balaban J connectivity index is 2.25. The second-order valence-corrected chi connectivity index (χ2v) is 6.11. The summed E-state index contributed by atoms with van der Waals surface area (Å²) in [5.74, 6) is -0.271. The van der Waals surface area contributed by atoms with Gasteiger partial charge in [0.05, 0.1) is 4.90 Å². The lowest BCUT2D eigenvalue weighted by molar-refractivity contribution is 0.104. The molecule has 1 N–H and O–H groups in total. The van der Waals surface area contributed by atoms with E-state index in [9.17, 15) is 13.2 Å². The summed E-state index contributed by atoms with van der Waals surface area (Å²) < 4.78 is 25.6. The van der Waals surface area contributed by atoms with Gasteiger partial charge in [0.2, 0.25) is 10.0 Å². The molecular formula is C15H14N2O3S. The van der Waals surface area contributed by atoms with E-state index in [1.807, 2.05) is 6.07 Å². The normalized spacial score (nSPS) is 11.7. The number of pyridine rings is 1. The van der Waals surface area contributed by atoms with Crippen LogP contribution in [0.3, 0.4) is 0 Å². The molecule has 0 spiro atoms. The van der Waals surface area contributed by atoms with Crippen LogP contribution < -0.4 is 4.72 Å². The molecule has 6 heteroatoms. The van der Waals surface area contributed by atoms with Gasteiger partial charge in [0.15, 0.2) is 5.78 Å². The fourth-order valence-electron chi connectivity index (χ4n) is 1.68. The van der Waals surface area contributed by atoms with E-state index in [2.05, 4.69) is 9.71 Å². The van der Waals surface area contributed by atoms with Crippen molar-refractivity contribution in [2.75, 3.05) is 7.05 Å². The second kappa shape index (κ2) is 6.43. The van der Waals surface area contributed by atoms with Crippen molar-refractivity contribution < 1.29 is 13.2 Å².